The van der Waals surface area contributed by atoms with Crippen LogP contribution in [-0.2, 0) is 11.4 Å². The van der Waals surface area contributed by atoms with E-state index in [0.717, 1.165) is 6.54 Å². The van der Waals surface area contributed by atoms with Gasteiger partial charge in [-0.3, -0.25) is 0 Å². The maximum atomic E-state index is 5.02. The van der Waals surface area contributed by atoms with Crippen LogP contribution in [0.1, 0.15) is 17.4 Å². The molecule has 0 unspecified atom stereocenters. The molecule has 0 radical (unpaired) electrons. The molecule has 1 heterocycles. The molecule has 0 aliphatic heterocycles. The van der Waals surface area contributed by atoms with Crippen LogP contribution in [0.3, 0.4) is 0 Å². The summed E-state index contributed by atoms with van der Waals surface area (Å²) in [6.07, 6.45) is 0. The highest BCUT2D eigenvalue weighted by molar-refractivity contribution is 7.10. The van der Waals surface area contributed by atoms with Gasteiger partial charge in [0.2, 0.25) is 0 Å². The molecule has 1 aromatic heterocycles. The van der Waals surface area contributed by atoms with Crippen LogP contribution < -0.4 is 5.48 Å². The number of nitrogens with one attached hydrogen (secondary N) is 1. The zero-order valence-corrected chi connectivity index (χ0v) is 7.70. The van der Waals surface area contributed by atoms with E-state index in [-0.39, 0.29) is 0 Å². The van der Waals surface area contributed by atoms with E-state index in [1.54, 1.807) is 11.3 Å². The fraction of sp³-hybridized carbons (Fsp3) is 0.500. The first-order valence-corrected chi connectivity index (χ1v) is 4.60. The van der Waals surface area contributed by atoms with Gasteiger partial charge in [-0.2, -0.15) is 5.48 Å². The summed E-state index contributed by atoms with van der Waals surface area (Å²) >= 11 is 1.76. The van der Waals surface area contributed by atoms with Crippen molar-refractivity contribution in [2.75, 3.05) is 6.61 Å². The predicted octanol–water partition coefficient (Wildman–Crippen LogP) is 2.10. The van der Waals surface area contributed by atoms with Gasteiger partial charge in [-0.25, -0.2) is 0 Å². The zero-order valence-electron chi connectivity index (χ0n) is 6.89. The van der Waals surface area contributed by atoms with Gasteiger partial charge in [-0.15, -0.1) is 11.3 Å². The lowest BCUT2D eigenvalue weighted by Crippen LogP contribution is -2.13. The maximum Gasteiger partial charge on any atom is 0.0654 e. The summed E-state index contributed by atoms with van der Waals surface area (Å²) in [4.78, 5) is 6.36. The second-order valence-corrected chi connectivity index (χ2v) is 3.28. The molecule has 11 heavy (non-hydrogen) atoms. The van der Waals surface area contributed by atoms with Gasteiger partial charge in [0.25, 0.3) is 0 Å². The van der Waals surface area contributed by atoms with Crippen LogP contribution >= 0.6 is 11.3 Å². The van der Waals surface area contributed by atoms with Crippen LogP contribution in [0.5, 0.6) is 0 Å². The minimum absolute atomic E-state index is 0.713. The SMILES string of the molecule is CCONCc1sccc1C. The van der Waals surface area contributed by atoms with Crippen LogP contribution in [0.15, 0.2) is 11.4 Å². The first-order valence-electron chi connectivity index (χ1n) is 3.72. The average Bonchev–Trinajstić information content (AvgIpc) is 2.37. The van der Waals surface area contributed by atoms with Crippen LogP contribution in [0, 0.1) is 6.92 Å². The molecule has 0 bridgehead atoms. The standard InChI is InChI=1S/C8H13NOS/c1-3-10-9-6-8-7(2)4-5-11-8/h4-5,9H,3,6H2,1-2H3. The number of hydrogen-bond acceptors (Lipinski definition) is 3. The minimum Gasteiger partial charge on any atom is -0.302 e. The van der Waals surface area contributed by atoms with Crippen molar-refractivity contribution >= 4 is 11.3 Å². The topological polar surface area (TPSA) is 21.3 Å². The molecule has 3 heteroatoms. The van der Waals surface area contributed by atoms with E-state index in [0.29, 0.717) is 6.61 Å². The molecule has 0 saturated heterocycles. The first kappa shape index (κ1) is 8.71. The van der Waals surface area contributed by atoms with Gasteiger partial charge in [0.15, 0.2) is 0 Å². The van der Waals surface area contributed by atoms with Crippen LogP contribution in [0.25, 0.3) is 0 Å². The Morgan fingerprint density at radius 3 is 3.00 bits per heavy atom. The van der Waals surface area contributed by atoms with Crippen molar-refractivity contribution in [1.29, 1.82) is 0 Å². The van der Waals surface area contributed by atoms with Gasteiger partial charge in [0.05, 0.1) is 13.2 Å². The molecule has 1 aromatic rings. The third-order valence-corrected chi connectivity index (χ3v) is 2.47. The molecule has 2 nitrogen and oxygen atoms in total. The molecule has 0 fully saturated rings. The fourth-order valence-corrected chi connectivity index (χ4v) is 1.64. The summed E-state index contributed by atoms with van der Waals surface area (Å²) in [6, 6.07) is 2.12. The van der Waals surface area contributed by atoms with Gasteiger partial charge < -0.3 is 4.84 Å². The summed E-state index contributed by atoms with van der Waals surface area (Å²) < 4.78 is 0. The second-order valence-electron chi connectivity index (χ2n) is 2.28. The molecule has 0 aliphatic rings. The van der Waals surface area contributed by atoms with E-state index in [2.05, 4.69) is 23.9 Å². The number of thiophene rings is 1. The smallest absolute Gasteiger partial charge is 0.0654 e. The molecule has 0 saturated carbocycles. The Bertz CT molecular complexity index is 210. The lowest BCUT2D eigenvalue weighted by Gasteiger charge is -2.01. The Morgan fingerprint density at radius 1 is 1.64 bits per heavy atom. The highest BCUT2D eigenvalue weighted by Gasteiger charge is 1.97. The average molecular weight is 171 g/mol. The highest BCUT2D eigenvalue weighted by atomic mass is 32.1. The molecule has 0 aliphatic carbocycles. The third kappa shape index (κ3) is 2.61. The van der Waals surface area contributed by atoms with E-state index >= 15 is 0 Å². The summed E-state index contributed by atoms with van der Waals surface area (Å²) in [7, 11) is 0. The van der Waals surface area contributed by atoms with Gasteiger partial charge in [-0.05, 0) is 30.9 Å². The monoisotopic (exact) mass is 171 g/mol. The largest absolute Gasteiger partial charge is 0.302 e. The normalized spacial score (nSPS) is 10.4. The van der Waals surface area contributed by atoms with E-state index < -0.39 is 0 Å². The van der Waals surface area contributed by atoms with E-state index in [1.165, 1.54) is 10.4 Å². The van der Waals surface area contributed by atoms with Gasteiger partial charge in [-0.1, -0.05) is 0 Å². The van der Waals surface area contributed by atoms with Crippen molar-refractivity contribution in [3.63, 3.8) is 0 Å². The molecule has 62 valence electrons. The summed E-state index contributed by atoms with van der Waals surface area (Å²) in [6.45, 7) is 5.61. The number of hydrogen-bond donors (Lipinski definition) is 1. The van der Waals surface area contributed by atoms with Crippen molar-refractivity contribution < 1.29 is 4.84 Å². The lowest BCUT2D eigenvalue weighted by molar-refractivity contribution is 0.0468. The van der Waals surface area contributed by atoms with Crippen molar-refractivity contribution in [3.05, 3.63) is 21.9 Å². The Hall–Kier alpha value is -0.380. The van der Waals surface area contributed by atoms with E-state index in [9.17, 15) is 0 Å². The molecule has 1 rings (SSSR count). The Balaban J connectivity index is 2.32. The third-order valence-electron chi connectivity index (χ3n) is 1.45. The van der Waals surface area contributed by atoms with Crippen LogP contribution in [-0.4, -0.2) is 6.61 Å². The molecule has 0 atom stereocenters. The van der Waals surface area contributed by atoms with Crippen molar-refractivity contribution in [3.8, 4) is 0 Å². The quantitative estimate of drug-likeness (QED) is 0.553. The molecular formula is C8H13NOS. The minimum atomic E-state index is 0.713. The van der Waals surface area contributed by atoms with Gasteiger partial charge in [0.1, 0.15) is 0 Å². The molecule has 0 spiro atoms. The number of rotatable bonds is 4. The highest BCUT2D eigenvalue weighted by Crippen LogP contribution is 2.14. The molecule has 0 aromatic carbocycles. The Labute approximate surface area is 71.1 Å². The molecule has 0 amide bonds. The Morgan fingerprint density at radius 2 is 2.45 bits per heavy atom. The lowest BCUT2D eigenvalue weighted by atomic mass is 10.3. The maximum absolute atomic E-state index is 5.02. The van der Waals surface area contributed by atoms with Gasteiger partial charge in [0, 0.05) is 4.88 Å². The van der Waals surface area contributed by atoms with Crippen molar-refractivity contribution in [2.45, 2.75) is 20.4 Å². The van der Waals surface area contributed by atoms with Crippen molar-refractivity contribution in [2.24, 2.45) is 0 Å². The van der Waals surface area contributed by atoms with E-state index in [4.69, 9.17) is 4.84 Å². The summed E-state index contributed by atoms with van der Waals surface area (Å²) in [5.41, 5.74) is 4.22. The predicted molar refractivity (Wildman–Crippen MR) is 47.5 cm³/mol. The number of hydroxylamine groups is 1. The molecule has 1 N–H and O–H groups in total. The van der Waals surface area contributed by atoms with E-state index in [1.807, 2.05) is 6.92 Å². The number of aryl methyl sites for hydroxylation is 1. The molecular weight excluding hydrogens is 158 g/mol. The summed E-state index contributed by atoms with van der Waals surface area (Å²) in [5.74, 6) is 0. The van der Waals surface area contributed by atoms with Gasteiger partial charge >= 0.3 is 0 Å². The fourth-order valence-electron chi connectivity index (χ4n) is 0.804. The van der Waals surface area contributed by atoms with Crippen LogP contribution in [0.2, 0.25) is 0 Å². The zero-order chi connectivity index (χ0) is 8.10. The Kier molecular flexibility index (Phi) is 3.56. The summed E-state index contributed by atoms with van der Waals surface area (Å²) in [5, 5.41) is 2.10. The van der Waals surface area contributed by atoms with Crippen LogP contribution in [0.4, 0.5) is 0 Å². The first-order chi connectivity index (χ1) is 5.34. The second kappa shape index (κ2) is 4.49. The van der Waals surface area contributed by atoms with Crippen molar-refractivity contribution in [1.82, 2.24) is 5.48 Å².